The molecular weight excluding hydrogens is 216 g/mol. The van der Waals surface area contributed by atoms with Crippen LogP contribution in [0, 0.1) is 11.3 Å². The zero-order chi connectivity index (χ0) is 11.7. The molecular formula is C12H10N4O. The van der Waals surface area contributed by atoms with Crippen molar-refractivity contribution in [2.45, 2.75) is 18.9 Å². The third-order valence-corrected chi connectivity index (χ3v) is 2.73. The van der Waals surface area contributed by atoms with Crippen LogP contribution in [0.3, 0.4) is 0 Å². The van der Waals surface area contributed by atoms with Gasteiger partial charge >= 0.3 is 0 Å². The number of rotatable bonds is 2. The molecule has 0 amide bonds. The van der Waals surface area contributed by atoms with Crippen LogP contribution in [0.1, 0.15) is 23.3 Å². The fourth-order valence-corrected chi connectivity index (χ4v) is 1.93. The van der Waals surface area contributed by atoms with E-state index in [9.17, 15) is 0 Å². The van der Waals surface area contributed by atoms with Crippen molar-refractivity contribution >= 4 is 0 Å². The number of hydrogen-bond acceptors (Lipinski definition) is 4. The third-order valence-electron chi connectivity index (χ3n) is 2.73. The van der Waals surface area contributed by atoms with E-state index in [0.29, 0.717) is 11.6 Å². The first-order chi connectivity index (χ1) is 8.36. The van der Waals surface area contributed by atoms with Crippen molar-refractivity contribution in [1.29, 1.82) is 5.26 Å². The van der Waals surface area contributed by atoms with E-state index in [1.807, 2.05) is 30.3 Å². The molecule has 5 nitrogen and oxygen atoms in total. The summed E-state index contributed by atoms with van der Waals surface area (Å²) in [5.41, 5.74) is 1.17. The zero-order valence-corrected chi connectivity index (χ0v) is 9.05. The van der Waals surface area contributed by atoms with Crippen molar-refractivity contribution in [2.24, 2.45) is 0 Å². The highest BCUT2D eigenvalue weighted by Gasteiger charge is 2.27. The Morgan fingerprint density at radius 3 is 3.18 bits per heavy atom. The van der Waals surface area contributed by atoms with Crippen molar-refractivity contribution < 1.29 is 4.74 Å². The van der Waals surface area contributed by atoms with Gasteiger partial charge in [-0.3, -0.25) is 5.10 Å². The van der Waals surface area contributed by atoms with E-state index >= 15 is 0 Å². The van der Waals surface area contributed by atoms with E-state index in [1.165, 1.54) is 5.56 Å². The Kier molecular flexibility index (Phi) is 2.26. The quantitative estimate of drug-likeness (QED) is 0.842. The van der Waals surface area contributed by atoms with Gasteiger partial charge in [-0.15, -0.1) is 0 Å². The number of nitrogens with zero attached hydrogens (tertiary/aromatic N) is 3. The van der Waals surface area contributed by atoms with Crippen molar-refractivity contribution in [3.8, 4) is 11.8 Å². The van der Waals surface area contributed by atoms with Gasteiger partial charge in [0.2, 0.25) is 0 Å². The molecule has 17 heavy (non-hydrogen) atoms. The van der Waals surface area contributed by atoms with Crippen LogP contribution in [0.25, 0.3) is 0 Å². The third kappa shape index (κ3) is 1.74. The lowest BCUT2D eigenvalue weighted by molar-refractivity contribution is 0.228. The Balaban J connectivity index is 1.82. The van der Waals surface area contributed by atoms with E-state index in [2.05, 4.69) is 15.2 Å². The van der Waals surface area contributed by atoms with Crippen molar-refractivity contribution in [3.63, 3.8) is 0 Å². The second kappa shape index (κ2) is 3.91. The van der Waals surface area contributed by atoms with Gasteiger partial charge < -0.3 is 4.74 Å². The molecule has 3 rings (SSSR count). The molecule has 1 aromatic heterocycles. The number of hydrogen-bond donors (Lipinski definition) is 1. The number of para-hydroxylation sites is 1. The van der Waals surface area contributed by atoms with Crippen molar-refractivity contribution in [1.82, 2.24) is 15.2 Å². The predicted octanol–water partition coefficient (Wildman–Crippen LogP) is 1.55. The SMILES string of the molecule is N#CCc1nc(C2Cc3ccccc3O2)n[nH]1. The van der Waals surface area contributed by atoms with Crippen LogP contribution in [0.2, 0.25) is 0 Å². The fourth-order valence-electron chi connectivity index (χ4n) is 1.93. The van der Waals surface area contributed by atoms with E-state index in [0.717, 1.165) is 12.2 Å². The monoisotopic (exact) mass is 226 g/mol. The maximum atomic E-state index is 8.57. The van der Waals surface area contributed by atoms with Gasteiger partial charge in [0.15, 0.2) is 11.9 Å². The Hall–Kier alpha value is -2.35. The van der Waals surface area contributed by atoms with E-state index in [-0.39, 0.29) is 12.5 Å². The molecule has 1 aliphatic heterocycles. The van der Waals surface area contributed by atoms with Crippen LogP contribution in [0.4, 0.5) is 0 Å². The first-order valence-corrected chi connectivity index (χ1v) is 5.39. The number of aromatic nitrogens is 3. The minimum Gasteiger partial charge on any atom is -0.482 e. The standard InChI is InChI=1S/C12H10N4O/c13-6-5-11-14-12(16-15-11)10-7-8-3-1-2-4-9(8)17-10/h1-4,10H,5,7H2,(H,14,15,16). The second-order valence-corrected chi connectivity index (χ2v) is 3.89. The predicted molar refractivity (Wildman–Crippen MR) is 59.2 cm³/mol. The van der Waals surface area contributed by atoms with Crippen LogP contribution >= 0.6 is 0 Å². The summed E-state index contributed by atoms with van der Waals surface area (Å²) in [7, 11) is 0. The van der Waals surface area contributed by atoms with Crippen LogP contribution < -0.4 is 4.74 Å². The molecule has 0 radical (unpaired) electrons. The topological polar surface area (TPSA) is 74.6 Å². The van der Waals surface area contributed by atoms with Gasteiger partial charge in [-0.2, -0.15) is 10.4 Å². The van der Waals surface area contributed by atoms with Gasteiger partial charge in [-0.1, -0.05) is 18.2 Å². The maximum absolute atomic E-state index is 8.57. The van der Waals surface area contributed by atoms with Crippen LogP contribution in [0.5, 0.6) is 5.75 Å². The average Bonchev–Trinajstić information content (AvgIpc) is 2.94. The summed E-state index contributed by atoms with van der Waals surface area (Å²) >= 11 is 0. The lowest BCUT2D eigenvalue weighted by Crippen LogP contribution is -2.05. The number of nitriles is 1. The minimum absolute atomic E-state index is 0.143. The molecule has 0 bridgehead atoms. The molecule has 1 N–H and O–H groups in total. The maximum Gasteiger partial charge on any atom is 0.191 e. The van der Waals surface area contributed by atoms with Crippen LogP contribution in [0.15, 0.2) is 24.3 Å². The second-order valence-electron chi connectivity index (χ2n) is 3.89. The molecule has 1 atom stereocenters. The summed E-state index contributed by atoms with van der Waals surface area (Å²) < 4.78 is 5.76. The van der Waals surface area contributed by atoms with Gasteiger partial charge in [-0.25, -0.2) is 4.98 Å². The molecule has 0 aliphatic carbocycles. The van der Waals surface area contributed by atoms with Gasteiger partial charge in [0, 0.05) is 6.42 Å². The molecule has 0 spiro atoms. The number of ether oxygens (including phenoxy) is 1. The zero-order valence-electron chi connectivity index (χ0n) is 9.05. The number of aromatic amines is 1. The van der Waals surface area contributed by atoms with Gasteiger partial charge in [0.25, 0.3) is 0 Å². The first-order valence-electron chi connectivity index (χ1n) is 5.39. The van der Waals surface area contributed by atoms with E-state index < -0.39 is 0 Å². The highest BCUT2D eigenvalue weighted by Crippen LogP contribution is 2.34. The number of benzene rings is 1. The molecule has 2 heterocycles. The van der Waals surface area contributed by atoms with Crippen LogP contribution in [-0.4, -0.2) is 15.2 Å². The molecule has 0 saturated heterocycles. The molecule has 1 aliphatic rings. The number of nitrogens with one attached hydrogen (secondary N) is 1. The highest BCUT2D eigenvalue weighted by atomic mass is 16.5. The van der Waals surface area contributed by atoms with E-state index in [4.69, 9.17) is 10.00 Å². The number of H-pyrrole nitrogens is 1. The molecule has 1 unspecified atom stereocenters. The Morgan fingerprint density at radius 2 is 2.35 bits per heavy atom. The Labute approximate surface area is 98.1 Å². The van der Waals surface area contributed by atoms with Gasteiger partial charge in [0.05, 0.1) is 12.5 Å². The summed E-state index contributed by atoms with van der Waals surface area (Å²) in [6, 6.07) is 9.95. The summed E-state index contributed by atoms with van der Waals surface area (Å²) in [5.74, 6) is 2.10. The van der Waals surface area contributed by atoms with Crippen molar-refractivity contribution in [2.75, 3.05) is 0 Å². The minimum atomic E-state index is -0.143. The lowest BCUT2D eigenvalue weighted by atomic mass is 10.1. The first kappa shape index (κ1) is 9.85. The smallest absolute Gasteiger partial charge is 0.191 e. The van der Waals surface area contributed by atoms with Gasteiger partial charge in [0.1, 0.15) is 11.6 Å². The number of fused-ring (bicyclic) bond motifs is 1. The Morgan fingerprint density at radius 1 is 1.47 bits per heavy atom. The fraction of sp³-hybridized carbons (Fsp3) is 0.250. The molecule has 84 valence electrons. The van der Waals surface area contributed by atoms with Crippen LogP contribution in [-0.2, 0) is 12.8 Å². The summed E-state index contributed by atoms with van der Waals surface area (Å²) in [6.45, 7) is 0. The summed E-state index contributed by atoms with van der Waals surface area (Å²) in [4.78, 5) is 4.25. The molecule has 2 aromatic rings. The van der Waals surface area contributed by atoms with Crippen molar-refractivity contribution in [3.05, 3.63) is 41.5 Å². The molecule has 1 aromatic carbocycles. The Bertz CT molecular complexity index is 559. The highest BCUT2D eigenvalue weighted by molar-refractivity contribution is 5.37. The average molecular weight is 226 g/mol. The summed E-state index contributed by atoms with van der Waals surface area (Å²) in [6.07, 6.45) is 0.878. The van der Waals surface area contributed by atoms with Gasteiger partial charge in [-0.05, 0) is 11.6 Å². The molecule has 0 saturated carbocycles. The molecule has 5 heteroatoms. The normalized spacial score (nSPS) is 17.2. The largest absolute Gasteiger partial charge is 0.482 e. The lowest BCUT2D eigenvalue weighted by Gasteiger charge is -2.04. The van der Waals surface area contributed by atoms with E-state index in [1.54, 1.807) is 0 Å². The molecule has 0 fully saturated rings. The summed E-state index contributed by atoms with van der Waals surface area (Å²) in [5, 5.41) is 15.4.